The first-order valence-electron chi connectivity index (χ1n) is 14.2. The monoisotopic (exact) mass is 558 g/mol. The number of primary amides is 1. The molecule has 0 aliphatic carbocycles. The summed E-state index contributed by atoms with van der Waals surface area (Å²) >= 11 is 0. The van der Waals surface area contributed by atoms with Gasteiger partial charge >= 0.3 is 0 Å². The van der Waals surface area contributed by atoms with Crippen molar-refractivity contribution in [1.29, 1.82) is 0 Å². The molecule has 8 heteroatoms. The number of nitrogens with one attached hydrogen (secondary N) is 2. The van der Waals surface area contributed by atoms with Gasteiger partial charge in [-0.05, 0) is 55.5 Å². The number of nitrogens with zero attached hydrogens (tertiary/aromatic N) is 1. The second kappa shape index (κ2) is 15.7. The molecule has 0 heterocycles. The average molecular weight is 559 g/mol. The van der Waals surface area contributed by atoms with E-state index in [2.05, 4.69) is 10.6 Å². The molecule has 3 aromatic carbocycles. The molecule has 8 nitrogen and oxygen atoms in total. The topological polar surface area (TPSA) is 125 Å². The summed E-state index contributed by atoms with van der Waals surface area (Å²) in [6.07, 6.45) is 1.05. The van der Waals surface area contributed by atoms with Crippen LogP contribution in [0.1, 0.15) is 74.5 Å². The van der Waals surface area contributed by atoms with Gasteiger partial charge in [0.2, 0.25) is 5.91 Å². The summed E-state index contributed by atoms with van der Waals surface area (Å²) in [6.45, 7) is 7.92. The second-order valence-electron chi connectivity index (χ2n) is 10.4. The molecule has 0 aliphatic heterocycles. The van der Waals surface area contributed by atoms with Gasteiger partial charge in [0.15, 0.2) is 0 Å². The highest BCUT2D eigenvalue weighted by Gasteiger charge is 2.24. The molecule has 0 aromatic heterocycles. The Bertz CT molecular complexity index is 1310. The van der Waals surface area contributed by atoms with E-state index >= 15 is 0 Å². The smallest absolute Gasteiger partial charge is 0.253 e. The minimum Gasteiger partial charge on any atom is -0.390 e. The molecule has 3 amide bonds. The zero-order valence-corrected chi connectivity index (χ0v) is 24.2. The number of carbonyl (C=O) groups excluding carboxylic acids is 3. The van der Waals surface area contributed by atoms with Crippen LogP contribution in [0, 0.1) is 6.92 Å². The largest absolute Gasteiger partial charge is 0.390 e. The summed E-state index contributed by atoms with van der Waals surface area (Å²) in [4.78, 5) is 40.7. The molecule has 0 saturated heterocycles. The van der Waals surface area contributed by atoms with Crippen molar-refractivity contribution in [3.8, 4) is 0 Å². The quantitative estimate of drug-likeness (QED) is 0.226. The molecule has 0 radical (unpaired) electrons. The van der Waals surface area contributed by atoms with Gasteiger partial charge in [-0.1, -0.05) is 74.0 Å². The van der Waals surface area contributed by atoms with Crippen LogP contribution >= 0.6 is 0 Å². The number of rotatable bonds is 15. The highest BCUT2D eigenvalue weighted by Crippen LogP contribution is 2.16. The maximum Gasteiger partial charge on any atom is 0.253 e. The second-order valence-corrected chi connectivity index (χ2v) is 10.4. The number of hydrogen-bond acceptors (Lipinski definition) is 5. The SMILES string of the molecule is CCCN(CCC)C(=O)c1cc(C(N)=O)cc(C(=O)N[C@@H](Cc2cccc(C)c2)[C@H](O)CNCc2ccccc2)c1. The van der Waals surface area contributed by atoms with Gasteiger partial charge in [0, 0.05) is 42.9 Å². The Kier molecular flexibility index (Phi) is 12.1. The lowest BCUT2D eigenvalue weighted by Crippen LogP contribution is -2.48. The molecule has 0 unspecified atom stereocenters. The van der Waals surface area contributed by atoms with Crippen LogP contribution in [0.3, 0.4) is 0 Å². The van der Waals surface area contributed by atoms with Gasteiger partial charge in [-0.2, -0.15) is 0 Å². The summed E-state index contributed by atoms with van der Waals surface area (Å²) in [6, 6.07) is 21.4. The number of aliphatic hydroxyl groups is 1. The minimum absolute atomic E-state index is 0.0780. The van der Waals surface area contributed by atoms with E-state index in [1.807, 2.05) is 75.4 Å². The lowest BCUT2D eigenvalue weighted by atomic mass is 9.98. The van der Waals surface area contributed by atoms with E-state index in [0.29, 0.717) is 26.1 Å². The predicted octanol–water partition coefficient (Wildman–Crippen LogP) is 3.85. The Morgan fingerprint density at radius 1 is 0.854 bits per heavy atom. The highest BCUT2D eigenvalue weighted by atomic mass is 16.3. The van der Waals surface area contributed by atoms with Gasteiger partial charge in [0.05, 0.1) is 12.1 Å². The van der Waals surface area contributed by atoms with Crippen molar-refractivity contribution in [3.63, 3.8) is 0 Å². The van der Waals surface area contributed by atoms with E-state index in [1.165, 1.54) is 18.2 Å². The minimum atomic E-state index is -0.909. The van der Waals surface area contributed by atoms with Crippen LogP contribution in [0.4, 0.5) is 0 Å². The standard InChI is InChI=1S/C33H42N4O4/c1-4-14-37(15-5-2)33(41)28-19-26(31(34)39)18-27(20-28)32(40)36-29(17-25-13-9-10-23(3)16-25)30(38)22-35-21-24-11-7-6-8-12-24/h6-13,16,18-20,29-30,35,38H,4-5,14-15,17,21-22H2,1-3H3,(H2,34,39)(H,36,40)/t29-,30+/m0/s1. The lowest BCUT2D eigenvalue weighted by molar-refractivity contribution is 0.0755. The van der Waals surface area contributed by atoms with Crippen LogP contribution in [0.25, 0.3) is 0 Å². The molecule has 0 bridgehead atoms. The third-order valence-electron chi connectivity index (χ3n) is 6.85. The van der Waals surface area contributed by atoms with Crippen molar-refractivity contribution in [2.45, 2.75) is 58.7 Å². The zero-order chi connectivity index (χ0) is 29.8. The summed E-state index contributed by atoms with van der Waals surface area (Å²) in [5.41, 5.74) is 9.14. The molecule has 0 spiro atoms. The molecule has 218 valence electrons. The fourth-order valence-corrected chi connectivity index (χ4v) is 4.79. The Balaban J connectivity index is 1.85. The summed E-state index contributed by atoms with van der Waals surface area (Å²) in [5.74, 6) is -1.49. The third-order valence-corrected chi connectivity index (χ3v) is 6.85. The van der Waals surface area contributed by atoms with Crippen molar-refractivity contribution < 1.29 is 19.5 Å². The molecule has 3 aromatic rings. The number of nitrogens with two attached hydrogens (primary N) is 1. The van der Waals surface area contributed by atoms with Crippen LogP contribution in [0.15, 0.2) is 72.8 Å². The molecule has 0 saturated carbocycles. The van der Waals surface area contributed by atoms with Gasteiger partial charge in [-0.15, -0.1) is 0 Å². The Morgan fingerprint density at radius 3 is 2.12 bits per heavy atom. The van der Waals surface area contributed by atoms with Gasteiger partial charge in [0.1, 0.15) is 0 Å². The Morgan fingerprint density at radius 2 is 1.49 bits per heavy atom. The van der Waals surface area contributed by atoms with Crippen molar-refractivity contribution in [1.82, 2.24) is 15.5 Å². The number of hydrogen-bond donors (Lipinski definition) is 4. The number of amides is 3. The van der Waals surface area contributed by atoms with Crippen molar-refractivity contribution in [2.75, 3.05) is 19.6 Å². The van der Waals surface area contributed by atoms with Gasteiger partial charge in [-0.25, -0.2) is 0 Å². The Labute approximate surface area is 242 Å². The predicted molar refractivity (Wildman–Crippen MR) is 162 cm³/mol. The van der Waals surface area contributed by atoms with Crippen LogP contribution in [-0.2, 0) is 13.0 Å². The lowest BCUT2D eigenvalue weighted by Gasteiger charge is -2.25. The molecule has 41 heavy (non-hydrogen) atoms. The van der Waals surface area contributed by atoms with Gasteiger partial charge in [-0.3, -0.25) is 14.4 Å². The van der Waals surface area contributed by atoms with Gasteiger partial charge in [0.25, 0.3) is 11.8 Å². The molecule has 3 rings (SSSR count). The third kappa shape index (κ3) is 9.55. The van der Waals surface area contributed by atoms with Crippen LogP contribution in [0.5, 0.6) is 0 Å². The number of aryl methyl sites for hydroxylation is 1. The normalized spacial score (nSPS) is 12.4. The van der Waals surface area contributed by atoms with E-state index in [9.17, 15) is 19.5 Å². The number of benzene rings is 3. The van der Waals surface area contributed by atoms with Crippen molar-refractivity contribution in [3.05, 3.63) is 106 Å². The molecule has 0 aliphatic rings. The molecule has 5 N–H and O–H groups in total. The van der Waals surface area contributed by atoms with Gasteiger partial charge < -0.3 is 26.4 Å². The molecule has 2 atom stereocenters. The van der Waals surface area contributed by atoms with E-state index in [0.717, 1.165) is 29.5 Å². The summed E-state index contributed by atoms with van der Waals surface area (Å²) in [5, 5.41) is 17.4. The first kappa shape index (κ1) is 31.5. The first-order chi connectivity index (χ1) is 19.7. The summed E-state index contributed by atoms with van der Waals surface area (Å²) in [7, 11) is 0. The van der Waals surface area contributed by atoms with Crippen LogP contribution < -0.4 is 16.4 Å². The van der Waals surface area contributed by atoms with E-state index in [-0.39, 0.29) is 29.1 Å². The van der Waals surface area contributed by atoms with Crippen LogP contribution in [-0.4, -0.2) is 59.5 Å². The number of aliphatic hydroxyl groups excluding tert-OH is 1. The van der Waals surface area contributed by atoms with E-state index in [1.54, 1.807) is 4.90 Å². The highest BCUT2D eigenvalue weighted by molar-refractivity contribution is 6.04. The van der Waals surface area contributed by atoms with E-state index in [4.69, 9.17) is 5.73 Å². The fourth-order valence-electron chi connectivity index (χ4n) is 4.79. The summed E-state index contributed by atoms with van der Waals surface area (Å²) < 4.78 is 0. The molecule has 0 fully saturated rings. The van der Waals surface area contributed by atoms with E-state index < -0.39 is 24.0 Å². The average Bonchev–Trinajstić information content (AvgIpc) is 2.96. The molecular weight excluding hydrogens is 516 g/mol. The maximum atomic E-state index is 13.6. The Hall–Kier alpha value is -4.01. The maximum absolute atomic E-state index is 13.6. The fraction of sp³-hybridized carbons (Fsp3) is 0.364. The van der Waals surface area contributed by atoms with Crippen molar-refractivity contribution in [2.24, 2.45) is 5.73 Å². The van der Waals surface area contributed by atoms with Crippen LogP contribution in [0.2, 0.25) is 0 Å². The van der Waals surface area contributed by atoms with Crippen molar-refractivity contribution >= 4 is 17.7 Å². The zero-order valence-electron chi connectivity index (χ0n) is 24.2. The number of carbonyl (C=O) groups is 3. The first-order valence-corrected chi connectivity index (χ1v) is 14.2. The molecular formula is C33H42N4O4.